The molecule has 1 aliphatic rings. The number of nitrogens with zero attached hydrogens (tertiary/aromatic N) is 4. The molecular weight excluding hydrogens is 572 g/mol. The fraction of sp³-hybridized carbons (Fsp3) is 0.222. The van der Waals surface area contributed by atoms with Crippen molar-refractivity contribution < 1.29 is 14.3 Å². The minimum absolute atomic E-state index is 0.0548. The monoisotopic (exact) mass is 604 g/mol. The molecule has 5 rings (SSSR count). The second kappa shape index (κ2) is 13.2. The maximum atomic E-state index is 13.9. The molecule has 44 heavy (non-hydrogen) atoms. The molecule has 222 valence electrons. The van der Waals surface area contributed by atoms with E-state index in [1.807, 2.05) is 67.7 Å². The van der Waals surface area contributed by atoms with Gasteiger partial charge in [0.25, 0.3) is 11.8 Å². The summed E-state index contributed by atoms with van der Waals surface area (Å²) >= 11 is 6.36. The number of aryl methyl sites for hydroxylation is 1. The van der Waals surface area contributed by atoms with Gasteiger partial charge in [-0.1, -0.05) is 61.8 Å². The van der Waals surface area contributed by atoms with E-state index in [1.54, 1.807) is 41.9 Å². The number of carbonyl (C=O) groups is 2. The Morgan fingerprint density at radius 3 is 2.41 bits per heavy atom. The van der Waals surface area contributed by atoms with E-state index in [0.717, 1.165) is 33.9 Å². The molecule has 0 spiro atoms. The van der Waals surface area contributed by atoms with E-state index in [-0.39, 0.29) is 17.7 Å². The minimum Gasteiger partial charge on any atom is -0.493 e. The summed E-state index contributed by atoms with van der Waals surface area (Å²) in [6.45, 7) is 8.53. The quantitative estimate of drug-likeness (QED) is 0.144. The molecular formula is C36H33ClN4O3. The number of halogens is 1. The van der Waals surface area contributed by atoms with Crippen LogP contribution in [0.4, 0.5) is 0 Å². The van der Waals surface area contributed by atoms with Gasteiger partial charge < -0.3 is 4.74 Å². The molecule has 0 unspecified atom stereocenters. The Balaban J connectivity index is 1.60. The van der Waals surface area contributed by atoms with Crippen molar-refractivity contribution in [3.63, 3.8) is 0 Å². The van der Waals surface area contributed by atoms with Crippen LogP contribution in [0.3, 0.4) is 0 Å². The normalized spacial score (nSPS) is 14.5. The average molecular weight is 605 g/mol. The van der Waals surface area contributed by atoms with Crippen molar-refractivity contribution in [1.29, 1.82) is 5.26 Å². The number of aromatic nitrogens is 2. The molecule has 0 saturated heterocycles. The maximum Gasteiger partial charge on any atom is 0.271 e. The first-order valence-electron chi connectivity index (χ1n) is 14.5. The van der Waals surface area contributed by atoms with E-state index < -0.39 is 11.8 Å². The van der Waals surface area contributed by atoms with Crippen molar-refractivity contribution in [2.75, 3.05) is 6.61 Å². The second-order valence-corrected chi connectivity index (χ2v) is 11.6. The summed E-state index contributed by atoms with van der Waals surface area (Å²) < 4.78 is 7.79. The summed E-state index contributed by atoms with van der Waals surface area (Å²) in [7, 11) is 0. The standard InChI is InChI=1S/C36H33ClN4O3/c1-23(2)16-17-44-33-15-14-26(18-24(33)3)34-28(22-41(39-34)29-11-6-5-7-12-29)19-30-25(4)31(20-38)36(43)40(35(30)42)21-27-10-8-9-13-32(27)37/h5-15,18-19,22-23H,16-17,21H2,1-4H3/b30-19+. The largest absolute Gasteiger partial charge is 0.493 e. The number of carbonyl (C=O) groups excluding carboxylic acids is 2. The van der Waals surface area contributed by atoms with Gasteiger partial charge in [0.1, 0.15) is 17.4 Å². The third-order valence-electron chi connectivity index (χ3n) is 7.58. The molecule has 1 aliphatic heterocycles. The highest BCUT2D eigenvalue weighted by Gasteiger charge is 2.36. The Labute approximate surface area is 262 Å². The van der Waals surface area contributed by atoms with Crippen LogP contribution >= 0.6 is 11.6 Å². The SMILES string of the molecule is CC1=C(C#N)C(=O)N(Cc2ccccc2Cl)C(=O)/C1=C/c1cn(-c2ccccc2)nc1-c1ccc(OCCC(C)C)c(C)c1. The van der Waals surface area contributed by atoms with Crippen LogP contribution < -0.4 is 4.74 Å². The number of hydrogen-bond donors (Lipinski definition) is 0. The number of benzene rings is 3. The van der Waals surface area contributed by atoms with E-state index in [2.05, 4.69) is 13.8 Å². The fourth-order valence-corrected chi connectivity index (χ4v) is 5.21. The maximum absolute atomic E-state index is 13.9. The molecule has 7 nitrogen and oxygen atoms in total. The number of hydrogen-bond acceptors (Lipinski definition) is 5. The Hall–Kier alpha value is -4.93. The van der Waals surface area contributed by atoms with Gasteiger partial charge in [-0.2, -0.15) is 10.4 Å². The Kier molecular flexibility index (Phi) is 9.12. The van der Waals surface area contributed by atoms with Crippen LogP contribution in [0.5, 0.6) is 5.75 Å². The van der Waals surface area contributed by atoms with Crippen LogP contribution in [0.25, 0.3) is 23.0 Å². The summed E-state index contributed by atoms with van der Waals surface area (Å²) in [5, 5.41) is 15.3. The summed E-state index contributed by atoms with van der Waals surface area (Å²) in [6.07, 6.45) is 4.52. The molecule has 0 bridgehead atoms. The number of amides is 2. The smallest absolute Gasteiger partial charge is 0.271 e. The molecule has 0 aliphatic carbocycles. The third kappa shape index (κ3) is 6.36. The lowest BCUT2D eigenvalue weighted by atomic mass is 9.93. The van der Waals surface area contributed by atoms with Crippen LogP contribution in [0.2, 0.25) is 5.02 Å². The molecule has 0 atom stereocenters. The summed E-state index contributed by atoms with van der Waals surface area (Å²) in [4.78, 5) is 28.3. The van der Waals surface area contributed by atoms with E-state index in [4.69, 9.17) is 21.4 Å². The van der Waals surface area contributed by atoms with Crippen molar-refractivity contribution in [2.24, 2.45) is 5.92 Å². The molecule has 4 aromatic rings. The molecule has 8 heteroatoms. The van der Waals surface area contributed by atoms with Gasteiger partial charge in [-0.15, -0.1) is 0 Å². The Morgan fingerprint density at radius 2 is 1.73 bits per heavy atom. The van der Waals surface area contributed by atoms with E-state index in [0.29, 0.717) is 39.9 Å². The van der Waals surface area contributed by atoms with Crippen LogP contribution in [0.15, 0.2) is 95.7 Å². The number of rotatable bonds is 9. The van der Waals surface area contributed by atoms with Gasteiger partial charge in [0.05, 0.1) is 24.5 Å². The molecule has 0 N–H and O–H groups in total. The lowest BCUT2D eigenvalue weighted by molar-refractivity contribution is -0.141. The van der Waals surface area contributed by atoms with Crippen molar-refractivity contribution >= 4 is 29.5 Å². The number of imide groups is 1. The molecule has 0 radical (unpaired) electrons. The zero-order valence-corrected chi connectivity index (χ0v) is 25.9. The first-order valence-corrected chi connectivity index (χ1v) is 14.9. The summed E-state index contributed by atoms with van der Waals surface area (Å²) in [6, 6.07) is 24.6. The zero-order chi connectivity index (χ0) is 31.4. The average Bonchev–Trinajstić information content (AvgIpc) is 3.44. The van der Waals surface area contributed by atoms with Crippen molar-refractivity contribution in [3.8, 4) is 28.8 Å². The van der Waals surface area contributed by atoms with Gasteiger partial charge in [-0.05, 0) is 85.4 Å². The van der Waals surface area contributed by atoms with Crippen molar-refractivity contribution in [3.05, 3.63) is 117 Å². The highest BCUT2D eigenvalue weighted by atomic mass is 35.5. The van der Waals surface area contributed by atoms with E-state index in [1.165, 1.54) is 0 Å². The third-order valence-corrected chi connectivity index (χ3v) is 7.94. The molecule has 1 aromatic heterocycles. The number of para-hydroxylation sites is 1. The lowest BCUT2D eigenvalue weighted by Crippen LogP contribution is -2.42. The molecule has 2 heterocycles. The highest BCUT2D eigenvalue weighted by molar-refractivity contribution is 6.31. The van der Waals surface area contributed by atoms with Crippen molar-refractivity contribution in [1.82, 2.24) is 14.7 Å². The van der Waals surface area contributed by atoms with Gasteiger partial charge in [0.2, 0.25) is 0 Å². The number of ether oxygens (including phenoxy) is 1. The van der Waals surface area contributed by atoms with E-state index in [9.17, 15) is 14.9 Å². The van der Waals surface area contributed by atoms with Crippen LogP contribution in [-0.2, 0) is 16.1 Å². The van der Waals surface area contributed by atoms with E-state index >= 15 is 0 Å². The first-order chi connectivity index (χ1) is 21.2. The van der Waals surface area contributed by atoms with Crippen LogP contribution in [-0.4, -0.2) is 33.1 Å². The van der Waals surface area contributed by atoms with Crippen LogP contribution in [0.1, 0.15) is 43.9 Å². The molecule has 3 aromatic carbocycles. The summed E-state index contributed by atoms with van der Waals surface area (Å²) in [5.74, 6) is 0.209. The predicted octanol–water partition coefficient (Wildman–Crippen LogP) is 7.72. The second-order valence-electron chi connectivity index (χ2n) is 11.2. The Morgan fingerprint density at radius 1 is 1.00 bits per heavy atom. The Bertz CT molecular complexity index is 1830. The van der Waals surface area contributed by atoms with Crippen LogP contribution in [0, 0.1) is 24.2 Å². The minimum atomic E-state index is -0.643. The number of nitriles is 1. The van der Waals surface area contributed by atoms with Gasteiger partial charge in [-0.3, -0.25) is 14.5 Å². The van der Waals surface area contributed by atoms with Gasteiger partial charge in [0.15, 0.2) is 0 Å². The fourth-order valence-electron chi connectivity index (χ4n) is 5.02. The lowest BCUT2D eigenvalue weighted by Gasteiger charge is -2.27. The van der Waals surface area contributed by atoms with Gasteiger partial charge >= 0.3 is 0 Å². The van der Waals surface area contributed by atoms with Gasteiger partial charge in [0, 0.05) is 27.9 Å². The molecule has 0 saturated carbocycles. The predicted molar refractivity (Wildman–Crippen MR) is 172 cm³/mol. The highest BCUT2D eigenvalue weighted by Crippen LogP contribution is 2.34. The zero-order valence-electron chi connectivity index (χ0n) is 25.2. The topological polar surface area (TPSA) is 88.2 Å². The summed E-state index contributed by atoms with van der Waals surface area (Å²) in [5.41, 5.74) is 5.05. The molecule has 2 amide bonds. The first kappa shape index (κ1) is 30.5. The van der Waals surface area contributed by atoms with Crippen molar-refractivity contribution in [2.45, 2.75) is 40.7 Å². The van der Waals surface area contributed by atoms with Gasteiger partial charge in [-0.25, -0.2) is 4.68 Å². The molecule has 0 fully saturated rings.